The van der Waals surface area contributed by atoms with Crippen LogP contribution in [0.25, 0.3) is 0 Å². The van der Waals surface area contributed by atoms with Crippen molar-refractivity contribution in [2.24, 2.45) is 0 Å². The number of nitrogens with one attached hydrogen (secondary N) is 2. The van der Waals surface area contributed by atoms with Crippen molar-refractivity contribution in [3.63, 3.8) is 0 Å². The second-order valence-corrected chi connectivity index (χ2v) is 6.59. The molecule has 0 aliphatic carbocycles. The number of hydrogen-bond donors (Lipinski definition) is 2. The molecule has 2 aromatic carbocycles. The first-order chi connectivity index (χ1) is 12.9. The highest BCUT2D eigenvalue weighted by Crippen LogP contribution is 2.20. The highest BCUT2D eigenvalue weighted by atomic mass is 35.5. The molecule has 0 saturated heterocycles. The topological polar surface area (TPSA) is 70.7 Å². The number of carbonyl (C=O) groups is 2. The van der Waals surface area contributed by atoms with E-state index in [1.165, 1.54) is 0 Å². The number of amides is 2. The van der Waals surface area contributed by atoms with E-state index in [0.717, 1.165) is 11.3 Å². The minimum atomic E-state index is -0.458. The lowest BCUT2D eigenvalue weighted by atomic mass is 10.2. The summed E-state index contributed by atoms with van der Waals surface area (Å²) in [6.45, 7) is 2.24. The van der Waals surface area contributed by atoms with Gasteiger partial charge in [0.15, 0.2) is 0 Å². The number of halogens is 1. The normalized spacial score (nSPS) is 11.7. The molecule has 0 heterocycles. The fourth-order valence-electron chi connectivity index (χ4n) is 2.40. The van der Waals surface area contributed by atoms with Gasteiger partial charge in [-0.15, -0.1) is 0 Å². The zero-order chi connectivity index (χ0) is 19.8. The van der Waals surface area contributed by atoms with Gasteiger partial charge in [-0.05, 0) is 43.8 Å². The summed E-state index contributed by atoms with van der Waals surface area (Å²) in [7, 11) is 3.33. The first-order valence-corrected chi connectivity index (χ1v) is 8.93. The molecule has 2 rings (SSSR count). The quantitative estimate of drug-likeness (QED) is 0.728. The molecule has 0 aliphatic rings. The van der Waals surface area contributed by atoms with E-state index in [2.05, 4.69) is 10.6 Å². The predicted octanol–water partition coefficient (Wildman–Crippen LogP) is 2.92. The number of anilines is 1. The summed E-state index contributed by atoms with van der Waals surface area (Å²) in [6, 6.07) is 14.0. The zero-order valence-corrected chi connectivity index (χ0v) is 16.4. The van der Waals surface area contributed by atoms with Crippen LogP contribution in [0, 0.1) is 0 Å². The van der Waals surface area contributed by atoms with E-state index < -0.39 is 6.04 Å². The molecule has 0 bridgehead atoms. The molecule has 27 heavy (non-hydrogen) atoms. The number of methoxy groups -OCH3 is 1. The Morgan fingerprint density at radius 3 is 2.44 bits per heavy atom. The minimum Gasteiger partial charge on any atom is -0.497 e. The Hall–Kier alpha value is -2.57. The molecule has 2 N–H and O–H groups in total. The van der Waals surface area contributed by atoms with Crippen molar-refractivity contribution in [3.8, 4) is 5.75 Å². The Balaban J connectivity index is 1.82. The number of hydrogen-bond acceptors (Lipinski definition) is 4. The van der Waals surface area contributed by atoms with Crippen molar-refractivity contribution >= 4 is 29.1 Å². The number of rotatable bonds is 8. The lowest BCUT2D eigenvalue weighted by molar-refractivity contribution is -0.126. The van der Waals surface area contributed by atoms with Crippen LogP contribution in [-0.2, 0) is 16.1 Å². The molecule has 6 nitrogen and oxygen atoms in total. The molecule has 1 atom stereocenters. The zero-order valence-electron chi connectivity index (χ0n) is 15.7. The van der Waals surface area contributed by atoms with Crippen LogP contribution >= 0.6 is 11.6 Å². The molecule has 2 amide bonds. The van der Waals surface area contributed by atoms with Gasteiger partial charge in [0.2, 0.25) is 11.8 Å². The van der Waals surface area contributed by atoms with Crippen molar-refractivity contribution in [2.45, 2.75) is 19.5 Å². The summed E-state index contributed by atoms with van der Waals surface area (Å²) < 4.78 is 5.11. The van der Waals surface area contributed by atoms with Crippen molar-refractivity contribution in [2.75, 3.05) is 26.0 Å². The average molecular weight is 390 g/mol. The Bertz CT molecular complexity index is 780. The van der Waals surface area contributed by atoms with Crippen LogP contribution in [-0.4, -0.2) is 43.5 Å². The number of likely N-dealkylation sites (N-methyl/N-ethyl adjacent to an activating group) is 1. The first kappa shape index (κ1) is 20.7. The largest absolute Gasteiger partial charge is 0.497 e. The second kappa shape index (κ2) is 9.94. The van der Waals surface area contributed by atoms with E-state index in [4.69, 9.17) is 16.3 Å². The van der Waals surface area contributed by atoms with Gasteiger partial charge >= 0.3 is 0 Å². The van der Waals surface area contributed by atoms with Crippen molar-refractivity contribution in [3.05, 3.63) is 59.1 Å². The van der Waals surface area contributed by atoms with E-state index >= 15 is 0 Å². The van der Waals surface area contributed by atoms with Crippen LogP contribution in [0.3, 0.4) is 0 Å². The smallest absolute Gasteiger partial charge is 0.238 e. The lowest BCUT2D eigenvalue weighted by Gasteiger charge is -2.23. The summed E-state index contributed by atoms with van der Waals surface area (Å²) in [5, 5.41) is 6.09. The van der Waals surface area contributed by atoms with Crippen LogP contribution in [0.5, 0.6) is 5.75 Å². The van der Waals surface area contributed by atoms with E-state index in [1.54, 1.807) is 50.2 Å². The summed E-state index contributed by atoms with van der Waals surface area (Å²) in [6.07, 6.45) is 0. The Labute approximate surface area is 164 Å². The maximum Gasteiger partial charge on any atom is 0.238 e. The lowest BCUT2D eigenvalue weighted by Crippen LogP contribution is -2.45. The van der Waals surface area contributed by atoms with Gasteiger partial charge in [0.25, 0.3) is 0 Å². The Kier molecular flexibility index (Phi) is 7.64. The minimum absolute atomic E-state index is 0.0718. The van der Waals surface area contributed by atoms with Gasteiger partial charge in [-0.25, -0.2) is 0 Å². The summed E-state index contributed by atoms with van der Waals surface area (Å²) in [4.78, 5) is 26.2. The van der Waals surface area contributed by atoms with Crippen LogP contribution < -0.4 is 15.4 Å². The molecule has 0 fully saturated rings. The number of para-hydroxylation sites is 1. The number of carbonyl (C=O) groups excluding carboxylic acids is 2. The van der Waals surface area contributed by atoms with Gasteiger partial charge in [-0.3, -0.25) is 14.5 Å². The third-order valence-electron chi connectivity index (χ3n) is 4.21. The molecule has 144 valence electrons. The maximum absolute atomic E-state index is 12.3. The molecule has 0 saturated carbocycles. The monoisotopic (exact) mass is 389 g/mol. The molecular formula is C20H24ClN3O3. The van der Waals surface area contributed by atoms with Crippen LogP contribution in [0.1, 0.15) is 12.5 Å². The highest BCUT2D eigenvalue weighted by Gasteiger charge is 2.20. The van der Waals surface area contributed by atoms with Gasteiger partial charge < -0.3 is 15.4 Å². The number of benzene rings is 2. The van der Waals surface area contributed by atoms with E-state index in [0.29, 0.717) is 17.3 Å². The second-order valence-electron chi connectivity index (χ2n) is 6.18. The van der Waals surface area contributed by atoms with Crippen molar-refractivity contribution < 1.29 is 14.3 Å². The summed E-state index contributed by atoms with van der Waals surface area (Å²) in [5.74, 6) is 0.377. The molecular weight excluding hydrogens is 366 g/mol. The molecule has 0 unspecified atom stereocenters. The standard InChI is InChI=1S/C20H24ClN3O3/c1-14(20(26)22-12-15-8-10-16(27-3)11-9-15)24(2)13-19(25)23-18-7-5-4-6-17(18)21/h4-11,14H,12-13H2,1-3H3,(H,22,26)(H,23,25)/t14-/m1/s1. The van der Waals surface area contributed by atoms with Crippen molar-refractivity contribution in [1.82, 2.24) is 10.2 Å². The van der Waals surface area contributed by atoms with Crippen LogP contribution in [0.4, 0.5) is 5.69 Å². The fourth-order valence-corrected chi connectivity index (χ4v) is 2.58. The average Bonchev–Trinajstić information content (AvgIpc) is 2.67. The number of nitrogens with zero attached hydrogens (tertiary/aromatic N) is 1. The van der Waals surface area contributed by atoms with E-state index in [9.17, 15) is 9.59 Å². The molecule has 0 aromatic heterocycles. The van der Waals surface area contributed by atoms with E-state index in [1.807, 2.05) is 24.3 Å². The third kappa shape index (κ3) is 6.27. The van der Waals surface area contributed by atoms with Gasteiger partial charge in [0.1, 0.15) is 5.75 Å². The van der Waals surface area contributed by atoms with Crippen molar-refractivity contribution in [1.29, 1.82) is 0 Å². The van der Waals surface area contributed by atoms with Gasteiger partial charge in [-0.1, -0.05) is 35.9 Å². The maximum atomic E-state index is 12.3. The van der Waals surface area contributed by atoms with Gasteiger partial charge in [-0.2, -0.15) is 0 Å². The molecule has 2 aromatic rings. The van der Waals surface area contributed by atoms with Gasteiger partial charge in [0, 0.05) is 6.54 Å². The van der Waals surface area contributed by atoms with Gasteiger partial charge in [0.05, 0.1) is 30.4 Å². The number of ether oxygens (including phenoxy) is 1. The molecule has 0 spiro atoms. The first-order valence-electron chi connectivity index (χ1n) is 8.56. The SMILES string of the molecule is COc1ccc(CNC(=O)[C@@H](C)N(C)CC(=O)Nc2ccccc2Cl)cc1. The summed E-state index contributed by atoms with van der Waals surface area (Å²) >= 11 is 6.04. The van der Waals surface area contributed by atoms with Crippen LogP contribution in [0.2, 0.25) is 5.02 Å². The van der Waals surface area contributed by atoms with E-state index in [-0.39, 0.29) is 18.4 Å². The highest BCUT2D eigenvalue weighted by molar-refractivity contribution is 6.33. The Morgan fingerprint density at radius 2 is 1.81 bits per heavy atom. The molecule has 7 heteroatoms. The Morgan fingerprint density at radius 1 is 1.15 bits per heavy atom. The summed E-state index contributed by atoms with van der Waals surface area (Å²) in [5.41, 5.74) is 1.52. The predicted molar refractivity (Wildman–Crippen MR) is 107 cm³/mol. The fraction of sp³-hybridized carbons (Fsp3) is 0.300. The third-order valence-corrected chi connectivity index (χ3v) is 4.54. The molecule has 0 radical (unpaired) electrons. The molecule has 0 aliphatic heterocycles. The van der Waals surface area contributed by atoms with Crippen LogP contribution in [0.15, 0.2) is 48.5 Å².